The van der Waals surface area contributed by atoms with Crippen LogP contribution < -0.4 is 4.74 Å². The van der Waals surface area contributed by atoms with Crippen LogP contribution in [0.4, 0.5) is 0 Å². The molecule has 1 aliphatic rings. The van der Waals surface area contributed by atoms with E-state index in [9.17, 15) is 14.7 Å². The monoisotopic (exact) mass is 407 g/mol. The van der Waals surface area contributed by atoms with E-state index in [0.29, 0.717) is 30.9 Å². The van der Waals surface area contributed by atoms with Gasteiger partial charge in [-0.25, -0.2) is 0 Å². The summed E-state index contributed by atoms with van der Waals surface area (Å²) >= 11 is 0. The molecule has 2 aromatic carbocycles. The number of amides is 1. The summed E-state index contributed by atoms with van der Waals surface area (Å²) in [7, 11) is 0. The van der Waals surface area contributed by atoms with Crippen LogP contribution in [0, 0.1) is 0 Å². The second-order valence-electron chi connectivity index (χ2n) is 7.46. The SMILES string of the molecule is CCCOc1cccc(C2/C(=C(/O)c3ccc(CC)cc3)C(=O)C(=O)N2CCC)c1. The maximum atomic E-state index is 12.9. The summed E-state index contributed by atoms with van der Waals surface area (Å²) in [4.78, 5) is 27.3. The molecule has 0 aromatic heterocycles. The summed E-state index contributed by atoms with van der Waals surface area (Å²) in [5, 5.41) is 11.0. The van der Waals surface area contributed by atoms with Crippen molar-refractivity contribution in [1.82, 2.24) is 4.90 Å². The van der Waals surface area contributed by atoms with Gasteiger partial charge >= 0.3 is 0 Å². The third kappa shape index (κ3) is 4.25. The Bertz CT molecular complexity index is 946. The number of rotatable bonds is 8. The number of aliphatic hydroxyl groups is 1. The smallest absolute Gasteiger partial charge is 0.295 e. The van der Waals surface area contributed by atoms with E-state index in [1.165, 1.54) is 0 Å². The summed E-state index contributed by atoms with van der Waals surface area (Å²) in [6.07, 6.45) is 2.47. The Morgan fingerprint density at radius 1 is 1.03 bits per heavy atom. The highest BCUT2D eigenvalue weighted by molar-refractivity contribution is 6.46. The highest BCUT2D eigenvalue weighted by Crippen LogP contribution is 2.40. The van der Waals surface area contributed by atoms with Crippen molar-refractivity contribution in [3.63, 3.8) is 0 Å². The molecule has 3 rings (SSSR count). The standard InChI is InChI=1S/C25H29NO4/c1-4-14-26-22(19-8-7-9-20(16-19)30-15-5-2)21(24(28)25(26)29)23(27)18-12-10-17(6-3)11-13-18/h7-13,16,22,27H,4-6,14-15H2,1-3H3/b23-21-. The second-order valence-corrected chi connectivity index (χ2v) is 7.46. The number of aryl methyl sites for hydroxylation is 1. The molecule has 0 radical (unpaired) electrons. The fourth-order valence-corrected chi connectivity index (χ4v) is 3.75. The van der Waals surface area contributed by atoms with Crippen molar-refractivity contribution in [3.05, 3.63) is 70.8 Å². The summed E-state index contributed by atoms with van der Waals surface area (Å²) < 4.78 is 5.74. The third-order valence-electron chi connectivity index (χ3n) is 5.29. The number of carbonyl (C=O) groups excluding carboxylic acids is 2. The van der Waals surface area contributed by atoms with E-state index in [1.807, 2.05) is 50.2 Å². The zero-order chi connectivity index (χ0) is 21.7. The van der Waals surface area contributed by atoms with Gasteiger partial charge in [0.05, 0.1) is 18.2 Å². The Morgan fingerprint density at radius 2 is 1.77 bits per heavy atom. The molecule has 1 unspecified atom stereocenters. The van der Waals surface area contributed by atoms with Crippen LogP contribution in [0.5, 0.6) is 5.75 Å². The molecule has 0 saturated carbocycles. The molecule has 1 aliphatic heterocycles. The highest BCUT2D eigenvalue weighted by Gasteiger charge is 2.45. The van der Waals surface area contributed by atoms with Gasteiger partial charge in [0, 0.05) is 12.1 Å². The maximum Gasteiger partial charge on any atom is 0.295 e. The third-order valence-corrected chi connectivity index (χ3v) is 5.29. The molecule has 158 valence electrons. The Balaban J connectivity index is 2.11. The topological polar surface area (TPSA) is 66.8 Å². The zero-order valence-electron chi connectivity index (χ0n) is 17.9. The van der Waals surface area contributed by atoms with E-state index in [1.54, 1.807) is 17.0 Å². The molecule has 30 heavy (non-hydrogen) atoms. The lowest BCUT2D eigenvalue weighted by Gasteiger charge is -2.25. The second kappa shape index (κ2) is 9.61. The lowest BCUT2D eigenvalue weighted by atomic mass is 9.94. The van der Waals surface area contributed by atoms with Crippen LogP contribution >= 0.6 is 0 Å². The summed E-state index contributed by atoms with van der Waals surface area (Å²) in [6.45, 7) is 7.06. The molecule has 1 heterocycles. The van der Waals surface area contributed by atoms with Gasteiger partial charge in [-0.3, -0.25) is 9.59 Å². The van der Waals surface area contributed by atoms with E-state index in [0.717, 1.165) is 24.0 Å². The number of hydrogen-bond donors (Lipinski definition) is 1. The van der Waals surface area contributed by atoms with Gasteiger partial charge in [0.1, 0.15) is 11.5 Å². The van der Waals surface area contributed by atoms with Crippen molar-refractivity contribution in [2.75, 3.05) is 13.2 Å². The van der Waals surface area contributed by atoms with E-state index >= 15 is 0 Å². The van der Waals surface area contributed by atoms with Gasteiger partial charge in [-0.2, -0.15) is 0 Å². The number of Topliss-reactive ketones (excluding diaryl/α,β-unsaturated/α-hetero) is 1. The van der Waals surface area contributed by atoms with E-state index in [2.05, 4.69) is 6.92 Å². The molecule has 1 N–H and O–H groups in total. The number of nitrogens with zero attached hydrogens (tertiary/aromatic N) is 1. The van der Waals surface area contributed by atoms with Crippen molar-refractivity contribution >= 4 is 17.4 Å². The molecule has 5 nitrogen and oxygen atoms in total. The Hall–Kier alpha value is -3.08. The number of hydrogen-bond acceptors (Lipinski definition) is 4. The van der Waals surface area contributed by atoms with E-state index < -0.39 is 17.7 Å². The van der Waals surface area contributed by atoms with Gasteiger partial charge in [0.2, 0.25) is 0 Å². The molecule has 1 atom stereocenters. The summed E-state index contributed by atoms with van der Waals surface area (Å²) in [5.74, 6) is -0.679. The van der Waals surface area contributed by atoms with Crippen LogP contribution in [-0.2, 0) is 16.0 Å². The van der Waals surface area contributed by atoms with Crippen molar-refractivity contribution in [2.24, 2.45) is 0 Å². The van der Waals surface area contributed by atoms with Crippen LogP contribution in [0.15, 0.2) is 54.1 Å². The maximum absolute atomic E-state index is 12.9. The molecule has 5 heteroatoms. The fraction of sp³-hybridized carbons (Fsp3) is 0.360. The van der Waals surface area contributed by atoms with E-state index in [4.69, 9.17) is 4.74 Å². The van der Waals surface area contributed by atoms with Crippen molar-refractivity contribution < 1.29 is 19.4 Å². The van der Waals surface area contributed by atoms with Gasteiger partial charge in [0.15, 0.2) is 0 Å². The van der Waals surface area contributed by atoms with Crippen molar-refractivity contribution in [3.8, 4) is 5.75 Å². The van der Waals surface area contributed by atoms with Crippen molar-refractivity contribution in [2.45, 2.75) is 46.1 Å². The molecule has 2 aromatic rings. The average molecular weight is 408 g/mol. The van der Waals surface area contributed by atoms with Crippen LogP contribution in [0.2, 0.25) is 0 Å². The Labute approximate surface area is 178 Å². The lowest BCUT2D eigenvalue weighted by molar-refractivity contribution is -0.139. The number of carbonyl (C=O) groups is 2. The zero-order valence-corrected chi connectivity index (χ0v) is 17.9. The number of ether oxygens (including phenoxy) is 1. The minimum Gasteiger partial charge on any atom is -0.507 e. The molecule has 0 spiro atoms. The molecule has 1 saturated heterocycles. The summed E-state index contributed by atoms with van der Waals surface area (Å²) in [5.41, 5.74) is 2.55. The first-order valence-electron chi connectivity index (χ1n) is 10.6. The van der Waals surface area contributed by atoms with Crippen LogP contribution in [0.3, 0.4) is 0 Å². The summed E-state index contributed by atoms with van der Waals surface area (Å²) in [6, 6.07) is 14.2. The Morgan fingerprint density at radius 3 is 2.40 bits per heavy atom. The van der Waals surface area contributed by atoms with Crippen LogP contribution in [-0.4, -0.2) is 34.8 Å². The minimum absolute atomic E-state index is 0.130. The highest BCUT2D eigenvalue weighted by atomic mass is 16.5. The van der Waals surface area contributed by atoms with Gasteiger partial charge in [0.25, 0.3) is 11.7 Å². The quantitative estimate of drug-likeness (QED) is 0.385. The predicted octanol–water partition coefficient (Wildman–Crippen LogP) is 4.87. The predicted molar refractivity (Wildman–Crippen MR) is 117 cm³/mol. The first-order valence-corrected chi connectivity index (χ1v) is 10.6. The molecular formula is C25H29NO4. The lowest BCUT2D eigenvalue weighted by Crippen LogP contribution is -2.30. The average Bonchev–Trinajstić information content (AvgIpc) is 3.02. The molecule has 0 aliphatic carbocycles. The first-order chi connectivity index (χ1) is 14.5. The Kier molecular flexibility index (Phi) is 6.93. The molecular weight excluding hydrogens is 378 g/mol. The minimum atomic E-state index is -0.648. The number of benzene rings is 2. The normalized spacial score (nSPS) is 18.1. The number of likely N-dealkylation sites (tertiary alicyclic amines) is 1. The van der Waals surface area contributed by atoms with Gasteiger partial charge < -0.3 is 14.7 Å². The molecule has 1 fully saturated rings. The van der Waals surface area contributed by atoms with Crippen molar-refractivity contribution in [1.29, 1.82) is 0 Å². The van der Waals surface area contributed by atoms with Crippen LogP contribution in [0.1, 0.15) is 56.3 Å². The van der Waals surface area contributed by atoms with Crippen LogP contribution in [0.25, 0.3) is 5.76 Å². The van der Waals surface area contributed by atoms with Gasteiger partial charge in [-0.15, -0.1) is 0 Å². The van der Waals surface area contributed by atoms with Gasteiger partial charge in [-0.1, -0.05) is 57.2 Å². The molecule has 0 bridgehead atoms. The van der Waals surface area contributed by atoms with Gasteiger partial charge in [-0.05, 0) is 42.5 Å². The first kappa shape index (κ1) is 21.6. The van der Waals surface area contributed by atoms with E-state index in [-0.39, 0.29) is 11.3 Å². The fourth-order valence-electron chi connectivity index (χ4n) is 3.75. The molecule has 1 amide bonds. The number of aliphatic hydroxyl groups excluding tert-OH is 1. The largest absolute Gasteiger partial charge is 0.507 e. The number of ketones is 1.